The second-order valence-corrected chi connectivity index (χ2v) is 25.2. The Morgan fingerprint density at radius 2 is 1.57 bits per heavy atom. The maximum absolute atomic E-state index is 14.4. The molecule has 2 aliphatic rings. The van der Waals surface area contributed by atoms with Crippen LogP contribution in [0.25, 0.3) is 31.8 Å². The number of fused-ring (bicyclic) bond motifs is 2. The van der Waals surface area contributed by atoms with Crippen LogP contribution >= 0.6 is 22.7 Å². The average molecular weight is 1150 g/mol. The fourth-order valence-corrected chi connectivity index (χ4v) is 12.3. The van der Waals surface area contributed by atoms with E-state index < -0.39 is 41.1 Å². The largest absolute Gasteiger partial charge is 0.457 e. The summed E-state index contributed by atoms with van der Waals surface area (Å²) in [6.45, 7) is 17.7. The van der Waals surface area contributed by atoms with E-state index in [9.17, 15) is 29.1 Å². The number of aromatic nitrogens is 3. The molecule has 16 nitrogen and oxygen atoms in total. The lowest BCUT2D eigenvalue weighted by Gasteiger charge is -2.35. The smallest absolute Gasteiger partial charge is 0.358 e. The highest BCUT2D eigenvalue weighted by molar-refractivity contribution is 7.22. The Bertz CT molecular complexity index is 3720. The first-order valence-corrected chi connectivity index (χ1v) is 29.5. The number of para-hydroxylation sites is 1. The zero-order valence-corrected chi connectivity index (χ0v) is 49.7. The lowest BCUT2D eigenvalue weighted by molar-refractivity contribution is -0.144. The van der Waals surface area contributed by atoms with Gasteiger partial charge in [0.25, 0.3) is 5.91 Å². The van der Waals surface area contributed by atoms with Crippen LogP contribution in [-0.2, 0) is 38.5 Å². The number of aliphatic hydroxyl groups is 1. The van der Waals surface area contributed by atoms with Gasteiger partial charge in [0.1, 0.15) is 35.0 Å². The number of anilines is 2. The van der Waals surface area contributed by atoms with Crippen LogP contribution in [0.3, 0.4) is 0 Å². The van der Waals surface area contributed by atoms with Crippen LogP contribution in [0.1, 0.15) is 115 Å². The van der Waals surface area contributed by atoms with Crippen molar-refractivity contribution in [2.75, 3.05) is 23.3 Å². The van der Waals surface area contributed by atoms with Crippen LogP contribution in [0.5, 0.6) is 11.5 Å². The van der Waals surface area contributed by atoms with Crippen molar-refractivity contribution in [1.29, 1.82) is 0 Å². The SMILES string of the molecule is Cc1ncsc1-c1ccc([C@H](C)NC(=O)[C@@H]2C[C@@H](O)CN2C(=O)[C@@H](NC(=O)Cc2ccc(Oc3cccc(-c4ccc(N5CCc6cccc(C(=O)Nc7nc8ccccc8s7)c6C5)nc4C(=O)OC(C)(C)C)c3C)cc2)C(C)(C)C)cc1. The number of hydrogen-bond acceptors (Lipinski definition) is 14. The van der Waals surface area contributed by atoms with Crippen molar-refractivity contribution in [3.63, 3.8) is 0 Å². The number of aliphatic hydroxyl groups excluding tert-OH is 1. The van der Waals surface area contributed by atoms with Crippen molar-refractivity contribution in [3.05, 3.63) is 172 Å². The molecule has 0 saturated carbocycles. The van der Waals surface area contributed by atoms with Gasteiger partial charge in [0.2, 0.25) is 17.7 Å². The Morgan fingerprint density at radius 1 is 0.819 bits per heavy atom. The number of rotatable bonds is 15. The molecule has 5 aromatic carbocycles. The Morgan fingerprint density at radius 3 is 2.28 bits per heavy atom. The molecule has 0 unspecified atom stereocenters. The molecule has 1 saturated heterocycles. The van der Waals surface area contributed by atoms with E-state index in [1.807, 2.05) is 165 Å². The molecule has 4 atom stereocenters. The number of carbonyl (C=O) groups excluding carboxylic acids is 5. The van der Waals surface area contributed by atoms with E-state index in [2.05, 4.69) is 30.8 Å². The Labute approximate surface area is 491 Å². The van der Waals surface area contributed by atoms with E-state index in [0.29, 0.717) is 64.2 Å². The first kappa shape index (κ1) is 57.9. The number of nitrogens with one attached hydrogen (secondary N) is 3. The molecule has 0 radical (unpaired) electrons. The Kier molecular flexibility index (Phi) is 16.7. The summed E-state index contributed by atoms with van der Waals surface area (Å²) in [4.78, 5) is 88.6. The lowest BCUT2D eigenvalue weighted by atomic mass is 9.85. The first-order valence-electron chi connectivity index (χ1n) is 27.8. The quantitative estimate of drug-likeness (QED) is 0.0708. The second-order valence-electron chi connectivity index (χ2n) is 23.4. The van der Waals surface area contributed by atoms with Crippen LogP contribution in [0.2, 0.25) is 0 Å². The van der Waals surface area contributed by atoms with Gasteiger partial charge in [0.05, 0.1) is 44.9 Å². The summed E-state index contributed by atoms with van der Waals surface area (Å²) in [5, 5.41) is 20.4. The molecular weight excluding hydrogens is 1080 g/mol. The van der Waals surface area contributed by atoms with Gasteiger partial charge >= 0.3 is 5.97 Å². The molecule has 3 aromatic heterocycles. The van der Waals surface area contributed by atoms with E-state index in [1.165, 1.54) is 16.2 Å². The Balaban J connectivity index is 0.802. The summed E-state index contributed by atoms with van der Waals surface area (Å²) in [7, 11) is 0. The minimum absolute atomic E-state index is 0.0397. The average Bonchev–Trinajstić information content (AvgIpc) is 4.37. The molecular formula is C65H68N8O8S2. The molecule has 4 amide bonds. The zero-order chi connectivity index (χ0) is 58.9. The molecule has 83 heavy (non-hydrogen) atoms. The van der Waals surface area contributed by atoms with Crippen molar-refractivity contribution in [1.82, 2.24) is 30.5 Å². The van der Waals surface area contributed by atoms with Gasteiger partial charge in [-0.2, -0.15) is 0 Å². The highest BCUT2D eigenvalue weighted by atomic mass is 32.1. The molecule has 2 aliphatic heterocycles. The molecule has 18 heteroatoms. The summed E-state index contributed by atoms with van der Waals surface area (Å²) >= 11 is 2.99. The molecule has 1 fully saturated rings. The van der Waals surface area contributed by atoms with E-state index in [0.717, 1.165) is 48.6 Å². The number of hydrogen-bond donors (Lipinski definition) is 4. The van der Waals surface area contributed by atoms with Gasteiger partial charge in [-0.3, -0.25) is 24.5 Å². The third kappa shape index (κ3) is 13.1. The van der Waals surface area contributed by atoms with Gasteiger partial charge in [-0.05, 0) is 141 Å². The number of benzene rings is 5. The zero-order valence-electron chi connectivity index (χ0n) is 48.0. The molecule has 10 rings (SSSR count). The highest BCUT2D eigenvalue weighted by Gasteiger charge is 2.45. The first-order chi connectivity index (χ1) is 39.6. The molecule has 428 valence electrons. The van der Waals surface area contributed by atoms with Crippen LogP contribution < -0.4 is 25.6 Å². The van der Waals surface area contributed by atoms with Gasteiger partial charge in [-0.1, -0.05) is 105 Å². The minimum Gasteiger partial charge on any atom is -0.457 e. The van der Waals surface area contributed by atoms with Crippen molar-refractivity contribution < 1.29 is 38.6 Å². The maximum atomic E-state index is 14.4. The number of amides is 4. The van der Waals surface area contributed by atoms with E-state index >= 15 is 0 Å². The normalized spacial score (nSPS) is 16.0. The van der Waals surface area contributed by atoms with Gasteiger partial charge in [-0.25, -0.2) is 19.7 Å². The number of ether oxygens (including phenoxy) is 2. The van der Waals surface area contributed by atoms with Gasteiger partial charge < -0.3 is 35.0 Å². The summed E-state index contributed by atoms with van der Waals surface area (Å²) in [5.41, 5.74) is 9.29. The van der Waals surface area contributed by atoms with E-state index in [4.69, 9.17) is 14.5 Å². The maximum Gasteiger partial charge on any atom is 0.358 e. The monoisotopic (exact) mass is 1150 g/mol. The number of esters is 1. The standard InChI is InChI=1S/C65H68N8O8S2/c1-37-46(47-28-29-54(69-56(47)62(79)81-65(7,8)9)72-31-30-42-14-12-16-48(49(42)35-72)59(76)71-63-68-50-17-10-11-19-53(50)83-63)15-13-18-52(37)80-45-26-20-40(21-27-45)32-55(75)70-58(64(4,5)6)61(78)73-34-44(74)33-51(73)60(77)67-38(2)41-22-24-43(25-23-41)57-39(3)66-36-82-57/h10-29,36,38,44,51,58,74H,30-35H2,1-9H3,(H,67,77)(H,70,75)(H,68,71,76)/t38-,44+,51-,58+/m0/s1. The molecule has 0 spiro atoms. The highest BCUT2D eigenvalue weighted by Crippen LogP contribution is 2.38. The predicted octanol–water partition coefficient (Wildman–Crippen LogP) is 11.6. The molecule has 8 aromatic rings. The van der Waals surface area contributed by atoms with Crippen LogP contribution in [0.15, 0.2) is 127 Å². The third-order valence-corrected chi connectivity index (χ3v) is 16.9. The van der Waals surface area contributed by atoms with Crippen LogP contribution in [-0.4, -0.2) is 91.4 Å². The van der Waals surface area contributed by atoms with E-state index in [1.54, 1.807) is 35.6 Å². The van der Waals surface area contributed by atoms with Crippen molar-refractivity contribution in [2.24, 2.45) is 5.41 Å². The van der Waals surface area contributed by atoms with Gasteiger partial charge in [0.15, 0.2) is 10.8 Å². The van der Waals surface area contributed by atoms with Crippen molar-refractivity contribution in [3.8, 4) is 33.1 Å². The molecule has 4 N–H and O–H groups in total. The number of aryl methyl sites for hydroxylation is 1. The number of likely N-dealkylation sites (tertiary alicyclic amines) is 1. The molecule has 5 heterocycles. The van der Waals surface area contributed by atoms with E-state index in [-0.39, 0.29) is 48.8 Å². The summed E-state index contributed by atoms with van der Waals surface area (Å²) in [6.07, 6.45) is -0.214. The van der Waals surface area contributed by atoms with Crippen molar-refractivity contribution in [2.45, 2.75) is 118 Å². The summed E-state index contributed by atoms with van der Waals surface area (Å²) < 4.78 is 13.4. The Hall–Kier alpha value is -8.32. The van der Waals surface area contributed by atoms with Crippen LogP contribution in [0.4, 0.5) is 10.9 Å². The lowest BCUT2D eigenvalue weighted by Crippen LogP contribution is -2.58. The number of thiazole rings is 2. The van der Waals surface area contributed by atoms with Crippen LogP contribution in [0, 0.1) is 19.3 Å². The number of nitrogens with zero attached hydrogens (tertiary/aromatic N) is 5. The number of β-amino-alcohol motifs (C(OH)–C–C–N with tert-alkyl or cyclic N) is 1. The minimum atomic E-state index is -0.997. The summed E-state index contributed by atoms with van der Waals surface area (Å²) in [5.74, 6) is -0.445. The molecule has 0 aliphatic carbocycles. The predicted molar refractivity (Wildman–Crippen MR) is 325 cm³/mol. The van der Waals surface area contributed by atoms with Crippen molar-refractivity contribution >= 4 is 73.4 Å². The third-order valence-electron chi connectivity index (χ3n) is 15.0. The second kappa shape index (κ2) is 23.9. The number of pyridine rings is 1. The molecule has 0 bridgehead atoms. The van der Waals surface area contributed by atoms with Gasteiger partial charge in [-0.15, -0.1) is 11.3 Å². The van der Waals surface area contributed by atoms with Gasteiger partial charge in [0, 0.05) is 37.2 Å². The number of carbonyl (C=O) groups is 5. The fourth-order valence-electron chi connectivity index (χ4n) is 10.6. The topological polar surface area (TPSA) is 205 Å². The summed E-state index contributed by atoms with van der Waals surface area (Å²) in [6, 6.07) is 35.6. The fraction of sp³-hybridized carbons (Fsp3) is 0.323.